The number of aromatic nitrogens is 1. The molecule has 0 N–H and O–H groups in total. The standard InChI is InChI=1S/C24H25NO/c1-3-6-20-7-4-5-8-22(20)17-24(26)16-19-9-11-21(12-10-19)23-13-14-25-18(2)15-23/h4-5,7-15H,3,6,16-17H2,1-2H3. The average molecular weight is 343 g/mol. The summed E-state index contributed by atoms with van der Waals surface area (Å²) in [5, 5.41) is 0. The Labute approximate surface area is 155 Å². The number of nitrogens with zero attached hydrogens (tertiary/aromatic N) is 1. The minimum atomic E-state index is 0.265. The molecule has 0 saturated carbocycles. The predicted molar refractivity (Wildman–Crippen MR) is 107 cm³/mol. The Hall–Kier alpha value is -2.74. The van der Waals surface area contributed by atoms with Gasteiger partial charge in [-0.25, -0.2) is 0 Å². The summed E-state index contributed by atoms with van der Waals surface area (Å²) >= 11 is 0. The van der Waals surface area contributed by atoms with Gasteiger partial charge in [-0.3, -0.25) is 9.78 Å². The molecule has 3 aromatic rings. The average Bonchev–Trinajstić information content (AvgIpc) is 2.64. The highest BCUT2D eigenvalue weighted by molar-refractivity contribution is 5.83. The number of benzene rings is 2. The van der Waals surface area contributed by atoms with Crippen LogP contribution in [0.1, 0.15) is 35.7 Å². The molecule has 26 heavy (non-hydrogen) atoms. The molecule has 0 aliphatic carbocycles. The minimum absolute atomic E-state index is 0.265. The van der Waals surface area contributed by atoms with E-state index in [9.17, 15) is 4.79 Å². The van der Waals surface area contributed by atoms with Crippen LogP contribution in [-0.2, 0) is 24.1 Å². The second-order valence-corrected chi connectivity index (χ2v) is 6.79. The van der Waals surface area contributed by atoms with E-state index in [4.69, 9.17) is 0 Å². The quantitative estimate of drug-likeness (QED) is 0.578. The van der Waals surface area contributed by atoms with E-state index >= 15 is 0 Å². The fraction of sp³-hybridized carbons (Fsp3) is 0.250. The Kier molecular flexibility index (Phi) is 5.96. The van der Waals surface area contributed by atoms with Crippen LogP contribution in [0.5, 0.6) is 0 Å². The van der Waals surface area contributed by atoms with Crippen molar-refractivity contribution in [2.75, 3.05) is 0 Å². The Bertz CT molecular complexity index is 881. The van der Waals surface area contributed by atoms with E-state index in [1.807, 2.05) is 25.3 Å². The van der Waals surface area contributed by atoms with Gasteiger partial charge in [0.2, 0.25) is 0 Å². The first-order chi connectivity index (χ1) is 12.7. The maximum Gasteiger partial charge on any atom is 0.141 e. The van der Waals surface area contributed by atoms with Crippen LogP contribution in [0.25, 0.3) is 11.1 Å². The number of hydrogen-bond acceptors (Lipinski definition) is 2. The van der Waals surface area contributed by atoms with Gasteiger partial charge >= 0.3 is 0 Å². The van der Waals surface area contributed by atoms with Gasteiger partial charge in [0.1, 0.15) is 5.78 Å². The summed E-state index contributed by atoms with van der Waals surface area (Å²) in [5.41, 5.74) is 6.85. The third-order valence-electron chi connectivity index (χ3n) is 4.61. The van der Waals surface area contributed by atoms with Gasteiger partial charge in [-0.2, -0.15) is 0 Å². The second-order valence-electron chi connectivity index (χ2n) is 6.79. The molecule has 0 aliphatic heterocycles. The first kappa shape index (κ1) is 18.1. The summed E-state index contributed by atoms with van der Waals surface area (Å²) in [4.78, 5) is 16.8. The van der Waals surface area contributed by atoms with Crippen molar-refractivity contribution in [1.82, 2.24) is 4.98 Å². The highest BCUT2D eigenvalue weighted by Crippen LogP contribution is 2.20. The highest BCUT2D eigenvalue weighted by Gasteiger charge is 2.09. The zero-order chi connectivity index (χ0) is 18.4. The van der Waals surface area contributed by atoms with Crippen molar-refractivity contribution in [3.05, 3.63) is 89.2 Å². The number of pyridine rings is 1. The Morgan fingerprint density at radius 1 is 0.885 bits per heavy atom. The molecule has 0 bridgehead atoms. The molecule has 2 nitrogen and oxygen atoms in total. The molecule has 0 fully saturated rings. The zero-order valence-electron chi connectivity index (χ0n) is 15.5. The van der Waals surface area contributed by atoms with Crippen LogP contribution >= 0.6 is 0 Å². The zero-order valence-corrected chi connectivity index (χ0v) is 15.5. The van der Waals surface area contributed by atoms with E-state index in [0.29, 0.717) is 12.8 Å². The summed E-state index contributed by atoms with van der Waals surface area (Å²) < 4.78 is 0. The smallest absolute Gasteiger partial charge is 0.141 e. The van der Waals surface area contributed by atoms with Crippen LogP contribution in [0.15, 0.2) is 66.9 Å². The lowest BCUT2D eigenvalue weighted by Gasteiger charge is -2.09. The molecule has 0 amide bonds. The van der Waals surface area contributed by atoms with Crippen molar-refractivity contribution in [3.63, 3.8) is 0 Å². The largest absolute Gasteiger partial charge is 0.299 e. The first-order valence-corrected chi connectivity index (χ1v) is 9.26. The van der Waals surface area contributed by atoms with Crippen LogP contribution in [0.4, 0.5) is 0 Å². The van der Waals surface area contributed by atoms with E-state index in [2.05, 4.69) is 60.4 Å². The Morgan fingerprint density at radius 3 is 2.31 bits per heavy atom. The second kappa shape index (κ2) is 8.57. The summed E-state index contributed by atoms with van der Waals surface area (Å²) in [7, 11) is 0. The molecule has 0 atom stereocenters. The van der Waals surface area contributed by atoms with Crippen LogP contribution in [0.2, 0.25) is 0 Å². The summed E-state index contributed by atoms with van der Waals surface area (Å²) in [6, 6.07) is 20.7. The van der Waals surface area contributed by atoms with Crippen molar-refractivity contribution in [2.24, 2.45) is 0 Å². The highest BCUT2D eigenvalue weighted by atomic mass is 16.1. The molecular formula is C24H25NO. The fourth-order valence-electron chi connectivity index (χ4n) is 3.29. The number of aryl methyl sites for hydroxylation is 2. The van der Waals surface area contributed by atoms with Crippen LogP contribution in [0.3, 0.4) is 0 Å². The van der Waals surface area contributed by atoms with Gasteiger partial charge < -0.3 is 0 Å². The molecule has 0 aliphatic rings. The van der Waals surface area contributed by atoms with Crippen LogP contribution in [0, 0.1) is 6.92 Å². The van der Waals surface area contributed by atoms with E-state index in [-0.39, 0.29) is 5.78 Å². The van der Waals surface area contributed by atoms with Gasteiger partial charge in [0.15, 0.2) is 0 Å². The van der Waals surface area contributed by atoms with Crippen LogP contribution in [-0.4, -0.2) is 10.8 Å². The van der Waals surface area contributed by atoms with E-state index in [0.717, 1.165) is 35.2 Å². The normalized spacial score (nSPS) is 10.7. The summed E-state index contributed by atoms with van der Waals surface area (Å²) in [6.45, 7) is 4.16. The monoisotopic (exact) mass is 343 g/mol. The number of Topliss-reactive ketones (excluding diaryl/α,β-unsaturated/α-hetero) is 1. The van der Waals surface area contributed by atoms with Crippen molar-refractivity contribution >= 4 is 5.78 Å². The van der Waals surface area contributed by atoms with Gasteiger partial charge in [-0.05, 0) is 53.3 Å². The summed E-state index contributed by atoms with van der Waals surface area (Å²) in [6.07, 6.45) is 4.96. The van der Waals surface area contributed by atoms with E-state index in [1.165, 1.54) is 11.1 Å². The van der Waals surface area contributed by atoms with E-state index < -0.39 is 0 Å². The maximum atomic E-state index is 12.5. The van der Waals surface area contributed by atoms with Gasteiger partial charge in [0, 0.05) is 24.7 Å². The van der Waals surface area contributed by atoms with Gasteiger partial charge in [0.25, 0.3) is 0 Å². The van der Waals surface area contributed by atoms with Gasteiger partial charge in [-0.1, -0.05) is 61.9 Å². The molecule has 0 saturated heterocycles. The number of carbonyl (C=O) groups excluding carboxylic acids is 1. The SMILES string of the molecule is CCCc1ccccc1CC(=O)Cc1ccc(-c2ccnc(C)c2)cc1. The van der Waals surface area contributed by atoms with E-state index in [1.54, 1.807) is 0 Å². The topological polar surface area (TPSA) is 30.0 Å². The van der Waals surface area contributed by atoms with Crippen molar-refractivity contribution in [3.8, 4) is 11.1 Å². The lowest BCUT2D eigenvalue weighted by Crippen LogP contribution is -2.08. The molecule has 2 heteroatoms. The number of ketones is 1. The molecule has 0 unspecified atom stereocenters. The molecule has 2 aromatic carbocycles. The van der Waals surface area contributed by atoms with Gasteiger partial charge in [0.05, 0.1) is 0 Å². The number of carbonyl (C=O) groups is 1. The maximum absolute atomic E-state index is 12.5. The summed E-state index contributed by atoms with van der Waals surface area (Å²) in [5.74, 6) is 0.265. The number of rotatable bonds is 7. The van der Waals surface area contributed by atoms with Crippen molar-refractivity contribution in [2.45, 2.75) is 39.5 Å². The van der Waals surface area contributed by atoms with Crippen molar-refractivity contribution in [1.29, 1.82) is 0 Å². The molecule has 0 radical (unpaired) electrons. The molecule has 1 aromatic heterocycles. The third kappa shape index (κ3) is 4.66. The Balaban J connectivity index is 1.67. The molecule has 3 rings (SSSR count). The first-order valence-electron chi connectivity index (χ1n) is 9.26. The lowest BCUT2D eigenvalue weighted by atomic mass is 9.96. The predicted octanol–water partition coefficient (Wildman–Crippen LogP) is 5.36. The van der Waals surface area contributed by atoms with Gasteiger partial charge in [-0.15, -0.1) is 0 Å². The van der Waals surface area contributed by atoms with Crippen LogP contribution < -0.4 is 0 Å². The lowest BCUT2D eigenvalue weighted by molar-refractivity contribution is -0.117. The molecule has 132 valence electrons. The minimum Gasteiger partial charge on any atom is -0.299 e. The molecule has 0 spiro atoms. The Morgan fingerprint density at radius 2 is 1.62 bits per heavy atom. The molecular weight excluding hydrogens is 318 g/mol. The molecule has 1 heterocycles. The van der Waals surface area contributed by atoms with Crippen molar-refractivity contribution < 1.29 is 4.79 Å². The third-order valence-corrected chi connectivity index (χ3v) is 4.61. The number of hydrogen-bond donors (Lipinski definition) is 0. The fourth-order valence-corrected chi connectivity index (χ4v) is 3.29.